The Hall–Kier alpha value is -3.71. The van der Waals surface area contributed by atoms with Gasteiger partial charge in [0.1, 0.15) is 17.3 Å². The van der Waals surface area contributed by atoms with Crippen LogP contribution in [0.4, 0.5) is 10.1 Å². The molecule has 32 heavy (non-hydrogen) atoms. The lowest BCUT2D eigenvalue weighted by molar-refractivity contribution is 0.101. The van der Waals surface area contributed by atoms with Gasteiger partial charge in [0, 0.05) is 45.1 Å². The molecule has 1 aromatic heterocycles. The second-order valence-corrected chi connectivity index (χ2v) is 7.88. The highest BCUT2D eigenvalue weighted by molar-refractivity contribution is 6.14. The zero-order chi connectivity index (χ0) is 22.1. The molecule has 0 unspecified atom stereocenters. The molecule has 5 rings (SSSR count). The van der Waals surface area contributed by atoms with E-state index in [1.807, 2.05) is 17.0 Å². The van der Waals surface area contributed by atoms with E-state index in [4.69, 9.17) is 4.74 Å². The summed E-state index contributed by atoms with van der Waals surface area (Å²) < 4.78 is 20.0. The van der Waals surface area contributed by atoms with Crippen LogP contribution in [0.5, 0.6) is 11.5 Å². The highest BCUT2D eigenvalue weighted by Crippen LogP contribution is 2.40. The summed E-state index contributed by atoms with van der Waals surface area (Å²) in [7, 11) is 0. The number of rotatable bonds is 4. The maximum Gasteiger partial charge on any atom is 0.231 e. The summed E-state index contributed by atoms with van der Waals surface area (Å²) in [6.45, 7) is 3.17. The number of Topliss-reactive ketones (excluding diaryl/α,β-unsaturated/α-hetero) is 1. The summed E-state index contributed by atoms with van der Waals surface area (Å²) in [6.07, 6.45) is 4.97. The number of halogens is 1. The van der Waals surface area contributed by atoms with Gasteiger partial charge in [-0.05, 0) is 42.0 Å². The first kappa shape index (κ1) is 20.2. The Morgan fingerprint density at radius 2 is 1.88 bits per heavy atom. The first-order chi connectivity index (χ1) is 15.6. The molecular weight excluding hydrogens is 409 g/mol. The van der Waals surface area contributed by atoms with Crippen LogP contribution in [0, 0.1) is 5.82 Å². The molecule has 2 aromatic carbocycles. The molecule has 6 nitrogen and oxygen atoms in total. The fraction of sp³-hybridized carbons (Fsp3) is 0.200. The van der Waals surface area contributed by atoms with E-state index in [-0.39, 0.29) is 23.1 Å². The Kier molecular flexibility index (Phi) is 5.33. The molecule has 7 heteroatoms. The number of phenolic OH excluding ortho intramolecular Hbond substituents is 1. The van der Waals surface area contributed by atoms with E-state index < -0.39 is 0 Å². The number of ketones is 1. The standard InChI is InChI=1S/C25H22FN3O3/c26-20-5-1-2-6-21(20)29-12-10-28(11-13-29)16-19-22(30)8-7-18-24(31)23(32-25(18)19)14-17-4-3-9-27-15-17/h1-9,14-15,30H,10-13,16H2/b23-14-. The molecule has 2 aliphatic rings. The third kappa shape index (κ3) is 3.83. The molecular formula is C25H22FN3O3. The fourth-order valence-electron chi connectivity index (χ4n) is 4.14. The van der Waals surface area contributed by atoms with Crippen molar-refractivity contribution in [3.63, 3.8) is 0 Å². The minimum Gasteiger partial charge on any atom is -0.507 e. The lowest BCUT2D eigenvalue weighted by Gasteiger charge is -2.36. The van der Waals surface area contributed by atoms with Gasteiger partial charge in [-0.1, -0.05) is 18.2 Å². The van der Waals surface area contributed by atoms with E-state index in [0.29, 0.717) is 55.3 Å². The van der Waals surface area contributed by atoms with Gasteiger partial charge in [-0.2, -0.15) is 0 Å². The van der Waals surface area contributed by atoms with E-state index in [0.717, 1.165) is 5.56 Å². The predicted octanol–water partition coefficient (Wildman–Crippen LogP) is 3.86. The Balaban J connectivity index is 1.33. The smallest absolute Gasteiger partial charge is 0.231 e. The van der Waals surface area contributed by atoms with Gasteiger partial charge in [0.2, 0.25) is 5.78 Å². The van der Waals surface area contributed by atoms with Gasteiger partial charge in [0.15, 0.2) is 5.76 Å². The van der Waals surface area contributed by atoms with Crippen LogP contribution in [-0.4, -0.2) is 47.0 Å². The second-order valence-electron chi connectivity index (χ2n) is 7.88. The summed E-state index contributed by atoms with van der Waals surface area (Å²) in [5, 5.41) is 10.5. The fourth-order valence-corrected chi connectivity index (χ4v) is 4.14. The predicted molar refractivity (Wildman–Crippen MR) is 119 cm³/mol. The summed E-state index contributed by atoms with van der Waals surface area (Å²) >= 11 is 0. The zero-order valence-corrected chi connectivity index (χ0v) is 17.4. The number of nitrogens with zero attached hydrogens (tertiary/aromatic N) is 3. The maximum absolute atomic E-state index is 14.1. The van der Waals surface area contributed by atoms with Crippen molar-refractivity contribution >= 4 is 17.5 Å². The number of carbonyl (C=O) groups excluding carboxylic acids is 1. The number of anilines is 1. The summed E-state index contributed by atoms with van der Waals surface area (Å²) in [4.78, 5) is 21.1. The third-order valence-corrected chi connectivity index (χ3v) is 5.85. The van der Waals surface area contributed by atoms with Crippen molar-refractivity contribution in [3.8, 4) is 11.5 Å². The summed E-state index contributed by atoms with van der Waals surface area (Å²) in [6, 6.07) is 13.5. The van der Waals surface area contributed by atoms with Crippen LogP contribution in [0.1, 0.15) is 21.5 Å². The first-order valence-electron chi connectivity index (χ1n) is 10.5. The van der Waals surface area contributed by atoms with Gasteiger partial charge in [-0.15, -0.1) is 0 Å². The number of hydrogen-bond acceptors (Lipinski definition) is 6. The molecule has 3 aromatic rings. The van der Waals surface area contributed by atoms with Crippen molar-refractivity contribution in [1.82, 2.24) is 9.88 Å². The van der Waals surface area contributed by atoms with Crippen LogP contribution in [0.2, 0.25) is 0 Å². The molecule has 0 spiro atoms. The van der Waals surface area contributed by atoms with Crippen LogP contribution >= 0.6 is 0 Å². The van der Waals surface area contributed by atoms with Gasteiger partial charge >= 0.3 is 0 Å². The van der Waals surface area contributed by atoms with E-state index in [9.17, 15) is 14.3 Å². The zero-order valence-electron chi connectivity index (χ0n) is 17.4. The number of aromatic hydroxyl groups is 1. The molecule has 0 radical (unpaired) electrons. The molecule has 0 atom stereocenters. The van der Waals surface area contributed by atoms with Crippen LogP contribution in [0.25, 0.3) is 6.08 Å². The number of piperazine rings is 1. The number of ether oxygens (including phenoxy) is 1. The highest BCUT2D eigenvalue weighted by atomic mass is 19.1. The van der Waals surface area contributed by atoms with E-state index >= 15 is 0 Å². The molecule has 0 bridgehead atoms. The SMILES string of the molecule is O=C1/C(=C/c2cccnc2)Oc2c1ccc(O)c2CN1CCN(c2ccccc2F)CC1. The van der Waals surface area contributed by atoms with Gasteiger partial charge in [-0.25, -0.2) is 4.39 Å². The molecule has 3 heterocycles. The van der Waals surface area contributed by atoms with Crippen molar-refractivity contribution in [3.05, 3.63) is 89.2 Å². The van der Waals surface area contributed by atoms with E-state index in [1.165, 1.54) is 12.1 Å². The first-order valence-corrected chi connectivity index (χ1v) is 10.5. The van der Waals surface area contributed by atoms with Crippen LogP contribution in [0.15, 0.2) is 66.7 Å². The molecule has 0 amide bonds. The van der Waals surface area contributed by atoms with Crippen LogP contribution in [0.3, 0.4) is 0 Å². The van der Waals surface area contributed by atoms with Crippen molar-refractivity contribution < 1.29 is 19.0 Å². The van der Waals surface area contributed by atoms with Crippen molar-refractivity contribution in [1.29, 1.82) is 0 Å². The summed E-state index contributed by atoms with van der Waals surface area (Å²) in [5.74, 6) is 0.274. The minimum atomic E-state index is -0.223. The third-order valence-electron chi connectivity index (χ3n) is 5.85. The van der Waals surface area contributed by atoms with Gasteiger partial charge in [-0.3, -0.25) is 14.7 Å². The number of allylic oxidation sites excluding steroid dienone is 1. The lowest BCUT2D eigenvalue weighted by atomic mass is 10.0. The van der Waals surface area contributed by atoms with E-state index in [2.05, 4.69) is 9.88 Å². The van der Waals surface area contributed by atoms with Crippen molar-refractivity contribution in [2.24, 2.45) is 0 Å². The average molecular weight is 431 g/mol. The molecule has 1 N–H and O–H groups in total. The Labute approximate surface area is 185 Å². The Morgan fingerprint density at radius 3 is 2.62 bits per heavy atom. The van der Waals surface area contributed by atoms with Gasteiger partial charge < -0.3 is 14.7 Å². The lowest BCUT2D eigenvalue weighted by Crippen LogP contribution is -2.46. The molecule has 0 saturated carbocycles. The van der Waals surface area contributed by atoms with Crippen LogP contribution < -0.4 is 9.64 Å². The number of hydrogen-bond donors (Lipinski definition) is 1. The average Bonchev–Trinajstić information content (AvgIpc) is 3.13. The van der Waals surface area contributed by atoms with Crippen LogP contribution in [-0.2, 0) is 6.54 Å². The van der Waals surface area contributed by atoms with Gasteiger partial charge in [0.05, 0.1) is 16.8 Å². The molecule has 2 aliphatic heterocycles. The molecule has 1 saturated heterocycles. The number of phenols is 1. The monoisotopic (exact) mass is 431 g/mol. The molecule has 162 valence electrons. The number of fused-ring (bicyclic) bond motifs is 1. The number of aromatic nitrogens is 1. The highest BCUT2D eigenvalue weighted by Gasteiger charge is 2.32. The Morgan fingerprint density at radius 1 is 1.06 bits per heavy atom. The minimum absolute atomic E-state index is 0.0933. The quantitative estimate of drug-likeness (QED) is 0.633. The maximum atomic E-state index is 14.1. The number of benzene rings is 2. The number of para-hydroxylation sites is 1. The Bertz CT molecular complexity index is 1190. The molecule has 1 fully saturated rings. The normalized spacial score (nSPS) is 17.5. The number of carbonyl (C=O) groups is 1. The van der Waals surface area contributed by atoms with Crippen molar-refractivity contribution in [2.45, 2.75) is 6.54 Å². The topological polar surface area (TPSA) is 65.9 Å². The van der Waals surface area contributed by atoms with Gasteiger partial charge in [0.25, 0.3) is 0 Å². The molecule has 0 aliphatic carbocycles. The van der Waals surface area contributed by atoms with E-state index in [1.54, 1.807) is 42.7 Å². The van der Waals surface area contributed by atoms with Crippen molar-refractivity contribution in [2.75, 3.05) is 31.1 Å². The number of pyridine rings is 1. The largest absolute Gasteiger partial charge is 0.507 e. The second kappa shape index (κ2) is 8.43. The summed E-state index contributed by atoms with van der Waals surface area (Å²) in [5.41, 5.74) is 2.40.